The summed E-state index contributed by atoms with van der Waals surface area (Å²) in [4.78, 5) is 0. The van der Waals surface area contributed by atoms with E-state index in [4.69, 9.17) is 0 Å². The van der Waals surface area contributed by atoms with Crippen molar-refractivity contribution in [2.45, 2.75) is 0 Å². The Morgan fingerprint density at radius 3 is 1.63 bits per heavy atom. The number of nitrogens with zero attached hydrogens (tertiary/aromatic N) is 1. The van der Waals surface area contributed by atoms with E-state index in [0.29, 0.717) is 0 Å². The van der Waals surface area contributed by atoms with E-state index < -0.39 is 0 Å². The maximum Gasteiger partial charge on any atom is 0.0727 e. The van der Waals surface area contributed by atoms with Gasteiger partial charge in [-0.3, -0.25) is 0 Å². The maximum atomic E-state index is 2.45. The van der Waals surface area contributed by atoms with Gasteiger partial charge in [-0.25, -0.2) is 0 Å². The Bertz CT molecular complexity index is 2740. The zero-order valence-corrected chi connectivity index (χ0v) is 25.8. The molecule has 0 aliphatic rings. The summed E-state index contributed by atoms with van der Waals surface area (Å²) in [5.41, 5.74) is 8.81. The molecule has 0 saturated carbocycles. The number of hydrogen-bond acceptors (Lipinski definition) is 1. The molecule has 0 aliphatic heterocycles. The lowest BCUT2D eigenvalue weighted by molar-refractivity contribution is 1.19. The van der Waals surface area contributed by atoms with E-state index in [1.807, 2.05) is 11.3 Å². The van der Waals surface area contributed by atoms with Crippen molar-refractivity contribution in [1.29, 1.82) is 0 Å². The first-order chi connectivity index (χ1) is 22.8. The summed E-state index contributed by atoms with van der Waals surface area (Å²) in [6.45, 7) is 0. The van der Waals surface area contributed by atoms with E-state index in [1.165, 1.54) is 91.5 Å². The van der Waals surface area contributed by atoms with Crippen molar-refractivity contribution in [2.24, 2.45) is 0 Å². The number of fused-ring (bicyclic) bond motifs is 8. The van der Waals surface area contributed by atoms with Crippen LogP contribution in [0.5, 0.6) is 0 Å². The predicted octanol–water partition coefficient (Wildman–Crippen LogP) is 12.8. The molecule has 0 amide bonds. The molecule has 0 unspecified atom stereocenters. The molecule has 0 saturated heterocycles. The van der Waals surface area contributed by atoms with E-state index in [1.54, 1.807) is 0 Å². The SMILES string of the molecule is c1ccc(-n2c3ccccc3c3sc4ccc(-c5c6ccccc6c(-c6ccc7ccccc7c6)c6ccccc56)cc4c32)cc1. The van der Waals surface area contributed by atoms with Crippen LogP contribution >= 0.6 is 11.3 Å². The number of rotatable bonds is 3. The molecule has 8 aromatic carbocycles. The van der Waals surface area contributed by atoms with E-state index in [0.717, 1.165) is 0 Å². The normalized spacial score (nSPS) is 11.9. The van der Waals surface area contributed by atoms with Gasteiger partial charge in [0.05, 0.1) is 15.7 Å². The van der Waals surface area contributed by atoms with Crippen molar-refractivity contribution in [3.8, 4) is 27.9 Å². The number of thiophene rings is 1. The molecule has 0 atom stereocenters. The third-order valence-electron chi connectivity index (χ3n) is 9.55. The minimum Gasteiger partial charge on any atom is -0.308 e. The number of hydrogen-bond donors (Lipinski definition) is 0. The minimum absolute atomic E-state index is 1.19. The predicted molar refractivity (Wildman–Crippen MR) is 200 cm³/mol. The molecular formula is C44H27NS. The highest BCUT2D eigenvalue weighted by atomic mass is 32.1. The van der Waals surface area contributed by atoms with Gasteiger partial charge in [-0.05, 0) is 91.0 Å². The van der Waals surface area contributed by atoms with Crippen LogP contribution in [-0.2, 0) is 0 Å². The molecule has 0 radical (unpaired) electrons. The molecule has 0 N–H and O–H groups in total. The summed E-state index contributed by atoms with van der Waals surface area (Å²) in [5, 5.41) is 10.2. The van der Waals surface area contributed by atoms with Crippen LogP contribution in [0.1, 0.15) is 0 Å². The maximum absolute atomic E-state index is 2.45. The minimum atomic E-state index is 1.19. The van der Waals surface area contributed by atoms with E-state index >= 15 is 0 Å². The van der Waals surface area contributed by atoms with Crippen LogP contribution in [0.2, 0.25) is 0 Å². The van der Waals surface area contributed by atoms with Gasteiger partial charge in [0.15, 0.2) is 0 Å². The number of para-hydroxylation sites is 2. The highest BCUT2D eigenvalue weighted by Crippen LogP contribution is 2.47. The van der Waals surface area contributed by atoms with Gasteiger partial charge in [0.25, 0.3) is 0 Å². The molecule has 1 nitrogen and oxygen atoms in total. The van der Waals surface area contributed by atoms with Crippen LogP contribution in [0, 0.1) is 0 Å². The molecule has 46 heavy (non-hydrogen) atoms. The monoisotopic (exact) mass is 601 g/mol. The van der Waals surface area contributed by atoms with Gasteiger partial charge in [0, 0.05) is 21.2 Å². The second-order valence-electron chi connectivity index (χ2n) is 12.1. The molecule has 0 bridgehead atoms. The summed E-state index contributed by atoms with van der Waals surface area (Å²) < 4.78 is 5.10. The zero-order valence-electron chi connectivity index (χ0n) is 24.9. The standard InChI is InChI=1S/C44H27NS/c1-2-14-32(15-3-1)45-39-21-11-10-20-37(39)44-43(45)38-27-31(24-25-40(38)46-44)42-35-18-8-6-16-33(35)41(34-17-7-9-19-36(34)42)30-23-22-28-12-4-5-13-29(28)26-30/h1-27H. The Hall–Kier alpha value is -5.70. The average molecular weight is 602 g/mol. The lowest BCUT2D eigenvalue weighted by Gasteiger charge is -2.18. The lowest BCUT2D eigenvalue weighted by atomic mass is 9.85. The molecule has 2 heteroatoms. The first-order valence-electron chi connectivity index (χ1n) is 15.8. The third kappa shape index (κ3) is 3.68. The Balaban J connectivity index is 1.30. The van der Waals surface area contributed by atoms with Crippen LogP contribution in [-0.4, -0.2) is 4.57 Å². The highest BCUT2D eigenvalue weighted by Gasteiger charge is 2.20. The van der Waals surface area contributed by atoms with Gasteiger partial charge in [-0.15, -0.1) is 11.3 Å². The second kappa shape index (κ2) is 9.90. The molecule has 2 aromatic heterocycles. The summed E-state index contributed by atoms with van der Waals surface area (Å²) in [6, 6.07) is 60.1. The topological polar surface area (TPSA) is 4.93 Å². The molecule has 0 aliphatic carbocycles. The third-order valence-corrected chi connectivity index (χ3v) is 10.7. The second-order valence-corrected chi connectivity index (χ2v) is 13.1. The first kappa shape index (κ1) is 25.6. The largest absolute Gasteiger partial charge is 0.308 e. The van der Waals surface area contributed by atoms with Gasteiger partial charge in [0.1, 0.15) is 0 Å². The Kier molecular flexibility index (Phi) is 5.51. The smallest absolute Gasteiger partial charge is 0.0727 e. The fourth-order valence-electron chi connectivity index (χ4n) is 7.57. The van der Waals surface area contributed by atoms with E-state index in [9.17, 15) is 0 Å². The Morgan fingerprint density at radius 1 is 0.391 bits per heavy atom. The quantitative estimate of drug-likeness (QED) is 0.178. The molecule has 10 rings (SSSR count). The van der Waals surface area contributed by atoms with Crippen LogP contribution in [0.4, 0.5) is 0 Å². The molecule has 2 heterocycles. The van der Waals surface area contributed by atoms with Crippen molar-refractivity contribution in [3.63, 3.8) is 0 Å². The Morgan fingerprint density at radius 2 is 0.935 bits per heavy atom. The van der Waals surface area contributed by atoms with Gasteiger partial charge < -0.3 is 4.57 Å². The summed E-state index contributed by atoms with van der Waals surface area (Å²) >= 11 is 1.90. The lowest BCUT2D eigenvalue weighted by Crippen LogP contribution is -1.93. The van der Waals surface area contributed by atoms with Crippen molar-refractivity contribution in [1.82, 2.24) is 4.57 Å². The van der Waals surface area contributed by atoms with E-state index in [-0.39, 0.29) is 0 Å². The van der Waals surface area contributed by atoms with Crippen molar-refractivity contribution in [2.75, 3.05) is 0 Å². The number of aromatic nitrogens is 1. The highest BCUT2D eigenvalue weighted by molar-refractivity contribution is 7.26. The number of benzene rings is 8. The van der Waals surface area contributed by atoms with Gasteiger partial charge in [0.2, 0.25) is 0 Å². The molecule has 0 spiro atoms. The fraction of sp³-hybridized carbons (Fsp3) is 0. The van der Waals surface area contributed by atoms with Crippen LogP contribution in [0.3, 0.4) is 0 Å². The Labute approximate surface area is 270 Å². The van der Waals surface area contributed by atoms with Crippen molar-refractivity contribution < 1.29 is 0 Å². The first-order valence-corrected chi connectivity index (χ1v) is 16.6. The molecule has 0 fully saturated rings. The zero-order chi connectivity index (χ0) is 30.2. The average Bonchev–Trinajstić information content (AvgIpc) is 3.65. The molecule has 214 valence electrons. The van der Waals surface area contributed by atoms with Crippen LogP contribution in [0.15, 0.2) is 164 Å². The van der Waals surface area contributed by atoms with E-state index in [2.05, 4.69) is 168 Å². The van der Waals surface area contributed by atoms with Crippen molar-refractivity contribution in [3.05, 3.63) is 164 Å². The summed E-state index contributed by atoms with van der Waals surface area (Å²) in [7, 11) is 0. The summed E-state index contributed by atoms with van der Waals surface area (Å²) in [6.07, 6.45) is 0. The van der Waals surface area contributed by atoms with Crippen LogP contribution < -0.4 is 0 Å². The van der Waals surface area contributed by atoms with Gasteiger partial charge in [-0.1, -0.05) is 127 Å². The fourth-order valence-corrected chi connectivity index (χ4v) is 8.77. The van der Waals surface area contributed by atoms with Crippen LogP contribution in [0.25, 0.3) is 91.5 Å². The van der Waals surface area contributed by atoms with Gasteiger partial charge in [-0.2, -0.15) is 0 Å². The molecular weight excluding hydrogens is 575 g/mol. The van der Waals surface area contributed by atoms with Crippen molar-refractivity contribution >= 4 is 74.9 Å². The van der Waals surface area contributed by atoms with Gasteiger partial charge >= 0.3 is 0 Å². The summed E-state index contributed by atoms with van der Waals surface area (Å²) in [5.74, 6) is 0. The molecule has 10 aromatic rings.